The van der Waals surface area contributed by atoms with E-state index in [1.54, 1.807) is 37.3 Å². The molecule has 6 nitrogen and oxygen atoms in total. The average Bonchev–Trinajstić information content (AvgIpc) is 2.60. The summed E-state index contributed by atoms with van der Waals surface area (Å²) in [4.78, 5) is 23.1. The van der Waals surface area contributed by atoms with E-state index in [1.165, 1.54) is 18.9 Å². The molecule has 134 valence electrons. The maximum Gasteiger partial charge on any atom is 0.414 e. The number of imide groups is 1. The number of nitrogens with one attached hydrogen (secondary N) is 1. The van der Waals surface area contributed by atoms with Gasteiger partial charge in [0.1, 0.15) is 17.4 Å². The van der Waals surface area contributed by atoms with Crippen LogP contribution in [-0.2, 0) is 9.53 Å². The minimum Gasteiger partial charge on any atom is -0.494 e. The van der Waals surface area contributed by atoms with Crippen molar-refractivity contribution >= 4 is 18.1 Å². The fraction of sp³-hybridized carbons (Fsp3) is 0.421. The van der Waals surface area contributed by atoms with Gasteiger partial charge < -0.3 is 9.47 Å². The Hall–Kier alpha value is -2.81. The largest absolute Gasteiger partial charge is 0.494 e. The molecule has 0 radical (unpaired) electrons. The lowest BCUT2D eigenvalue weighted by Crippen LogP contribution is -2.31. The van der Waals surface area contributed by atoms with Crippen LogP contribution in [0, 0.1) is 11.3 Å². The molecule has 0 bridgehead atoms. The Kier molecular flexibility index (Phi) is 9.46. The Bertz CT molecular complexity index is 630. The van der Waals surface area contributed by atoms with Gasteiger partial charge in [-0.1, -0.05) is 38.3 Å². The second-order valence-corrected chi connectivity index (χ2v) is 5.32. The van der Waals surface area contributed by atoms with Crippen LogP contribution < -0.4 is 10.1 Å². The molecule has 0 aromatic heterocycles. The first-order valence-electron chi connectivity index (χ1n) is 8.43. The molecule has 1 aromatic rings. The fourth-order valence-corrected chi connectivity index (χ4v) is 2.02. The van der Waals surface area contributed by atoms with Gasteiger partial charge in [-0.05, 0) is 37.1 Å². The molecule has 1 rings (SSSR count). The molecule has 1 aromatic carbocycles. The Balaban J connectivity index is 2.61. The fourth-order valence-electron chi connectivity index (χ4n) is 2.02. The Labute approximate surface area is 148 Å². The van der Waals surface area contributed by atoms with E-state index in [9.17, 15) is 9.59 Å². The first-order valence-corrected chi connectivity index (χ1v) is 8.43. The van der Waals surface area contributed by atoms with Gasteiger partial charge in [-0.2, -0.15) is 5.26 Å². The van der Waals surface area contributed by atoms with Crippen LogP contribution in [0.15, 0.2) is 29.8 Å². The van der Waals surface area contributed by atoms with E-state index in [-0.39, 0.29) is 12.2 Å². The zero-order chi connectivity index (χ0) is 18.5. The third-order valence-corrected chi connectivity index (χ3v) is 3.31. The molecule has 1 N–H and O–H groups in total. The number of unbranched alkanes of at least 4 members (excludes halogenated alkanes) is 3. The van der Waals surface area contributed by atoms with Crippen molar-refractivity contribution in [2.24, 2.45) is 0 Å². The minimum absolute atomic E-state index is 0.143. The van der Waals surface area contributed by atoms with Gasteiger partial charge in [-0.3, -0.25) is 10.1 Å². The number of nitrogens with zero attached hydrogens (tertiary/aromatic N) is 1. The molecular formula is C19H24N2O4. The number of nitriles is 1. The summed E-state index contributed by atoms with van der Waals surface area (Å²) in [6.07, 6.45) is 5.09. The van der Waals surface area contributed by atoms with Gasteiger partial charge in [0, 0.05) is 0 Å². The quantitative estimate of drug-likeness (QED) is 0.418. The lowest BCUT2D eigenvalue weighted by atomic mass is 10.1. The maximum absolute atomic E-state index is 11.8. The lowest BCUT2D eigenvalue weighted by Gasteiger charge is -2.06. The number of hydrogen-bond donors (Lipinski definition) is 1. The van der Waals surface area contributed by atoms with Crippen molar-refractivity contribution in [2.45, 2.75) is 39.5 Å². The molecule has 0 aliphatic heterocycles. The van der Waals surface area contributed by atoms with E-state index in [0.717, 1.165) is 18.6 Å². The van der Waals surface area contributed by atoms with Gasteiger partial charge in [0.25, 0.3) is 5.91 Å². The number of alkyl carbamates (subject to hydrolysis) is 1. The van der Waals surface area contributed by atoms with E-state index in [1.807, 2.05) is 5.32 Å². The normalized spacial score (nSPS) is 10.7. The monoisotopic (exact) mass is 344 g/mol. The third kappa shape index (κ3) is 8.02. The Morgan fingerprint density at radius 2 is 1.88 bits per heavy atom. The van der Waals surface area contributed by atoms with E-state index in [4.69, 9.17) is 10.00 Å². The SMILES string of the molecule is CCCCCCOc1ccc(/C=C(\C#N)C(=O)NC(=O)OCC)cc1. The van der Waals surface area contributed by atoms with E-state index >= 15 is 0 Å². The molecule has 0 spiro atoms. The van der Waals surface area contributed by atoms with Crippen LogP contribution in [0.3, 0.4) is 0 Å². The van der Waals surface area contributed by atoms with Crippen LogP contribution in [0.1, 0.15) is 45.1 Å². The zero-order valence-corrected chi connectivity index (χ0v) is 14.7. The highest BCUT2D eigenvalue weighted by Crippen LogP contribution is 2.15. The van der Waals surface area contributed by atoms with Gasteiger partial charge in [0.05, 0.1) is 13.2 Å². The molecule has 0 aliphatic rings. The van der Waals surface area contributed by atoms with Crippen LogP contribution in [0.25, 0.3) is 6.08 Å². The first kappa shape index (κ1) is 20.2. The summed E-state index contributed by atoms with van der Waals surface area (Å²) in [6, 6.07) is 8.83. The van der Waals surface area contributed by atoms with Gasteiger partial charge in [0.2, 0.25) is 0 Å². The zero-order valence-electron chi connectivity index (χ0n) is 14.7. The van der Waals surface area contributed by atoms with Crippen molar-refractivity contribution in [1.82, 2.24) is 5.32 Å². The molecule has 2 amide bonds. The topological polar surface area (TPSA) is 88.4 Å². The molecular weight excluding hydrogens is 320 g/mol. The molecule has 6 heteroatoms. The summed E-state index contributed by atoms with van der Waals surface area (Å²) in [6.45, 7) is 4.60. The van der Waals surface area contributed by atoms with E-state index in [0.29, 0.717) is 12.2 Å². The van der Waals surface area contributed by atoms with E-state index in [2.05, 4.69) is 11.7 Å². The van der Waals surface area contributed by atoms with Crippen molar-refractivity contribution < 1.29 is 19.1 Å². The van der Waals surface area contributed by atoms with Crippen LogP contribution in [-0.4, -0.2) is 25.2 Å². The third-order valence-electron chi connectivity index (χ3n) is 3.31. The predicted molar refractivity (Wildman–Crippen MR) is 94.8 cm³/mol. The summed E-state index contributed by atoms with van der Waals surface area (Å²) in [5, 5.41) is 11.1. The highest BCUT2D eigenvalue weighted by atomic mass is 16.5. The highest BCUT2D eigenvalue weighted by molar-refractivity contribution is 6.07. The second kappa shape index (κ2) is 11.7. The number of rotatable bonds is 9. The smallest absolute Gasteiger partial charge is 0.414 e. The summed E-state index contributed by atoms with van der Waals surface area (Å²) in [5.41, 5.74) is 0.482. The molecule has 0 atom stereocenters. The number of carbonyl (C=O) groups excluding carboxylic acids is 2. The van der Waals surface area contributed by atoms with E-state index < -0.39 is 12.0 Å². The molecule has 0 heterocycles. The van der Waals surface area contributed by atoms with Crippen molar-refractivity contribution in [3.8, 4) is 11.8 Å². The van der Waals surface area contributed by atoms with Crippen molar-refractivity contribution in [3.05, 3.63) is 35.4 Å². The van der Waals surface area contributed by atoms with Crippen LogP contribution in [0.4, 0.5) is 4.79 Å². The number of benzene rings is 1. The molecule has 0 aliphatic carbocycles. The Morgan fingerprint density at radius 3 is 2.48 bits per heavy atom. The van der Waals surface area contributed by atoms with Gasteiger partial charge in [-0.15, -0.1) is 0 Å². The number of carbonyl (C=O) groups is 2. The van der Waals surface area contributed by atoms with Crippen molar-refractivity contribution in [2.75, 3.05) is 13.2 Å². The minimum atomic E-state index is -0.875. The second-order valence-electron chi connectivity index (χ2n) is 5.32. The standard InChI is InChI=1S/C19H24N2O4/c1-3-5-6-7-12-25-17-10-8-15(9-11-17)13-16(14-20)18(22)21-19(23)24-4-2/h8-11,13H,3-7,12H2,1-2H3,(H,21,22,23)/b16-13+. The summed E-state index contributed by atoms with van der Waals surface area (Å²) < 4.78 is 10.3. The van der Waals surface area contributed by atoms with Gasteiger partial charge in [-0.25, -0.2) is 4.79 Å². The Morgan fingerprint density at radius 1 is 1.16 bits per heavy atom. The lowest BCUT2D eigenvalue weighted by molar-refractivity contribution is -0.116. The number of amides is 2. The molecule has 25 heavy (non-hydrogen) atoms. The summed E-state index contributed by atoms with van der Waals surface area (Å²) in [7, 11) is 0. The van der Waals surface area contributed by atoms with Gasteiger partial charge in [0.15, 0.2) is 0 Å². The van der Waals surface area contributed by atoms with Gasteiger partial charge >= 0.3 is 6.09 Å². The van der Waals surface area contributed by atoms with Crippen molar-refractivity contribution in [1.29, 1.82) is 5.26 Å². The van der Waals surface area contributed by atoms with Crippen molar-refractivity contribution in [3.63, 3.8) is 0 Å². The molecule has 0 fully saturated rings. The first-order chi connectivity index (χ1) is 12.1. The molecule has 0 unspecified atom stereocenters. The van der Waals surface area contributed by atoms with Crippen LogP contribution in [0.2, 0.25) is 0 Å². The number of hydrogen-bond acceptors (Lipinski definition) is 5. The summed E-state index contributed by atoms with van der Waals surface area (Å²) >= 11 is 0. The predicted octanol–water partition coefficient (Wildman–Crippen LogP) is 3.83. The average molecular weight is 344 g/mol. The maximum atomic E-state index is 11.8. The highest BCUT2D eigenvalue weighted by Gasteiger charge is 2.13. The van der Waals surface area contributed by atoms with Crippen LogP contribution >= 0.6 is 0 Å². The molecule has 0 saturated heterocycles. The van der Waals surface area contributed by atoms with Crippen LogP contribution in [0.5, 0.6) is 5.75 Å². The molecule has 0 saturated carbocycles. The summed E-state index contributed by atoms with van der Waals surface area (Å²) in [5.74, 6) is -0.0552. The number of ether oxygens (including phenoxy) is 2.